The van der Waals surface area contributed by atoms with Gasteiger partial charge in [-0.25, -0.2) is 9.69 Å². The lowest BCUT2D eigenvalue weighted by molar-refractivity contribution is -0.121. The first-order valence-electron chi connectivity index (χ1n) is 5.25. The molecule has 0 aliphatic carbocycles. The van der Waals surface area contributed by atoms with Crippen LogP contribution in [0.4, 0.5) is 14.9 Å². The number of nitrogens with zero attached hydrogens (tertiary/aromatic N) is 1. The van der Waals surface area contributed by atoms with E-state index in [2.05, 4.69) is 5.32 Å². The van der Waals surface area contributed by atoms with Crippen molar-refractivity contribution in [2.45, 2.75) is 25.8 Å². The van der Waals surface area contributed by atoms with Gasteiger partial charge in [-0.15, -0.1) is 11.3 Å². The van der Waals surface area contributed by atoms with Gasteiger partial charge in [0, 0.05) is 11.8 Å². The van der Waals surface area contributed by atoms with E-state index in [1.54, 1.807) is 12.3 Å². The molecule has 1 atom stereocenters. The Balaban J connectivity index is 2.35. The van der Waals surface area contributed by atoms with E-state index < -0.39 is 18.2 Å². The molecule has 0 aromatic carbocycles. The number of halogens is 1. The maximum Gasteiger partial charge on any atom is 0.329 e. The summed E-state index contributed by atoms with van der Waals surface area (Å²) >= 11 is 1.42. The minimum Gasteiger partial charge on any atom is -0.323 e. The predicted molar refractivity (Wildman–Crippen MR) is 64.1 cm³/mol. The number of imide groups is 1. The van der Waals surface area contributed by atoms with E-state index in [-0.39, 0.29) is 12.3 Å². The molecular weight excluding hydrogens is 243 g/mol. The normalized spacial score (nSPS) is 24.3. The van der Waals surface area contributed by atoms with Gasteiger partial charge in [0.25, 0.3) is 5.91 Å². The van der Waals surface area contributed by atoms with Crippen LogP contribution in [0.2, 0.25) is 0 Å². The van der Waals surface area contributed by atoms with Crippen LogP contribution in [-0.2, 0) is 4.79 Å². The van der Waals surface area contributed by atoms with Crippen LogP contribution in [-0.4, -0.2) is 24.2 Å². The first-order chi connectivity index (χ1) is 7.99. The van der Waals surface area contributed by atoms with Gasteiger partial charge in [0.1, 0.15) is 5.54 Å². The highest BCUT2D eigenvalue weighted by Crippen LogP contribution is 2.31. The van der Waals surface area contributed by atoms with Gasteiger partial charge in [0.2, 0.25) is 0 Å². The smallest absolute Gasteiger partial charge is 0.323 e. The van der Waals surface area contributed by atoms with Gasteiger partial charge in [-0.2, -0.15) is 0 Å². The van der Waals surface area contributed by atoms with Gasteiger partial charge in [-0.3, -0.25) is 9.18 Å². The molecule has 0 bridgehead atoms. The van der Waals surface area contributed by atoms with Crippen LogP contribution < -0.4 is 10.2 Å². The van der Waals surface area contributed by atoms with Crippen molar-refractivity contribution in [2.24, 2.45) is 0 Å². The summed E-state index contributed by atoms with van der Waals surface area (Å²) in [5, 5.41) is 6.15. The van der Waals surface area contributed by atoms with Crippen LogP contribution in [0, 0.1) is 6.92 Å². The number of anilines is 1. The summed E-state index contributed by atoms with van der Waals surface area (Å²) < 4.78 is 12.4. The number of carbonyl (C=O) groups is 2. The molecule has 92 valence electrons. The zero-order valence-corrected chi connectivity index (χ0v) is 10.4. The fourth-order valence-electron chi connectivity index (χ4n) is 1.84. The number of rotatable bonds is 3. The molecule has 1 fully saturated rings. The Hall–Kier alpha value is -1.43. The monoisotopic (exact) mass is 256 g/mol. The van der Waals surface area contributed by atoms with E-state index in [1.165, 1.54) is 11.3 Å². The van der Waals surface area contributed by atoms with E-state index >= 15 is 0 Å². The lowest BCUT2D eigenvalue weighted by atomic mass is 9.99. The van der Waals surface area contributed by atoms with Crippen molar-refractivity contribution in [2.75, 3.05) is 11.6 Å². The second kappa shape index (κ2) is 4.10. The molecule has 0 saturated carbocycles. The summed E-state index contributed by atoms with van der Waals surface area (Å²) in [6, 6.07) is -0.479. The molecule has 1 saturated heterocycles. The number of thiophene rings is 1. The zero-order valence-electron chi connectivity index (χ0n) is 9.62. The number of hydrogen-bond donors (Lipinski definition) is 1. The average molecular weight is 256 g/mol. The highest BCUT2D eigenvalue weighted by Gasteiger charge is 2.48. The molecule has 2 rings (SSSR count). The summed E-state index contributed by atoms with van der Waals surface area (Å²) in [5.74, 6) is -0.387. The quantitative estimate of drug-likeness (QED) is 0.843. The Labute approximate surface area is 102 Å². The summed E-state index contributed by atoms with van der Waals surface area (Å²) in [6.07, 6.45) is -0.00272. The molecule has 6 heteroatoms. The van der Waals surface area contributed by atoms with Crippen molar-refractivity contribution < 1.29 is 14.0 Å². The van der Waals surface area contributed by atoms with Crippen molar-refractivity contribution in [3.63, 3.8) is 0 Å². The SMILES string of the molecule is Cc1cscc1N1C(=O)NC(C)(CCF)C1=O. The molecule has 1 aromatic rings. The van der Waals surface area contributed by atoms with E-state index in [0.717, 1.165) is 10.5 Å². The van der Waals surface area contributed by atoms with Crippen LogP contribution >= 0.6 is 11.3 Å². The van der Waals surface area contributed by atoms with Gasteiger partial charge in [0.15, 0.2) is 0 Å². The molecule has 2 heterocycles. The Morgan fingerprint density at radius 1 is 1.47 bits per heavy atom. The summed E-state index contributed by atoms with van der Waals surface area (Å²) in [7, 11) is 0. The van der Waals surface area contributed by atoms with E-state index in [4.69, 9.17) is 0 Å². The third-order valence-electron chi connectivity index (χ3n) is 2.92. The molecule has 1 unspecified atom stereocenters. The largest absolute Gasteiger partial charge is 0.329 e. The van der Waals surface area contributed by atoms with Crippen LogP contribution in [0.1, 0.15) is 18.9 Å². The topological polar surface area (TPSA) is 49.4 Å². The molecule has 0 spiro atoms. The number of hydrogen-bond acceptors (Lipinski definition) is 3. The van der Waals surface area contributed by atoms with Crippen molar-refractivity contribution >= 4 is 29.0 Å². The standard InChI is InChI=1S/C11H13FN2O2S/c1-7-5-17-6-8(7)14-9(15)11(2,3-4-12)13-10(14)16/h5-6H,3-4H2,1-2H3,(H,13,16). The number of carbonyl (C=O) groups excluding carboxylic acids is 2. The lowest BCUT2D eigenvalue weighted by Crippen LogP contribution is -2.44. The highest BCUT2D eigenvalue weighted by atomic mass is 32.1. The maximum atomic E-state index is 12.4. The van der Waals surface area contributed by atoms with Gasteiger partial charge in [0.05, 0.1) is 12.4 Å². The summed E-state index contributed by atoms with van der Waals surface area (Å²) in [6.45, 7) is 2.74. The molecule has 3 amide bonds. The van der Waals surface area contributed by atoms with Crippen molar-refractivity contribution in [3.05, 3.63) is 16.3 Å². The van der Waals surface area contributed by atoms with E-state index in [1.807, 2.05) is 12.3 Å². The molecule has 17 heavy (non-hydrogen) atoms. The first kappa shape index (κ1) is 12.0. The number of urea groups is 1. The van der Waals surface area contributed by atoms with Gasteiger partial charge < -0.3 is 5.32 Å². The third kappa shape index (κ3) is 1.82. The van der Waals surface area contributed by atoms with Crippen LogP contribution in [0.25, 0.3) is 0 Å². The van der Waals surface area contributed by atoms with E-state index in [9.17, 15) is 14.0 Å². The van der Waals surface area contributed by atoms with Gasteiger partial charge in [-0.1, -0.05) is 0 Å². The summed E-state index contributed by atoms with van der Waals surface area (Å²) in [5.41, 5.74) is 0.323. The summed E-state index contributed by atoms with van der Waals surface area (Å²) in [4.78, 5) is 25.1. The van der Waals surface area contributed by atoms with Crippen LogP contribution in [0.5, 0.6) is 0 Å². The Morgan fingerprint density at radius 3 is 2.71 bits per heavy atom. The third-order valence-corrected chi connectivity index (χ3v) is 3.77. The molecule has 1 aromatic heterocycles. The highest BCUT2D eigenvalue weighted by molar-refractivity contribution is 7.08. The predicted octanol–water partition coefficient (Wildman–Crippen LogP) is 2.23. The Morgan fingerprint density at radius 2 is 2.18 bits per heavy atom. The zero-order chi connectivity index (χ0) is 12.6. The minimum atomic E-state index is -1.12. The number of amides is 3. The Kier molecular flexibility index (Phi) is 2.91. The fourth-order valence-corrected chi connectivity index (χ4v) is 2.66. The van der Waals surface area contributed by atoms with Crippen molar-refractivity contribution in [3.8, 4) is 0 Å². The Bertz CT molecular complexity index is 474. The molecule has 1 aliphatic heterocycles. The number of alkyl halides is 1. The van der Waals surface area contributed by atoms with Gasteiger partial charge >= 0.3 is 6.03 Å². The van der Waals surface area contributed by atoms with Crippen LogP contribution in [0.3, 0.4) is 0 Å². The maximum absolute atomic E-state index is 12.4. The molecule has 1 aliphatic rings. The van der Waals surface area contributed by atoms with Gasteiger partial charge in [-0.05, 0) is 24.8 Å². The average Bonchev–Trinajstić information content (AvgIpc) is 2.73. The van der Waals surface area contributed by atoms with E-state index in [0.29, 0.717) is 5.69 Å². The second-order valence-corrected chi connectivity index (χ2v) is 5.03. The molecule has 4 nitrogen and oxygen atoms in total. The molecule has 1 N–H and O–H groups in total. The molecule has 0 radical (unpaired) electrons. The second-order valence-electron chi connectivity index (χ2n) is 4.28. The number of nitrogens with one attached hydrogen (secondary N) is 1. The molecular formula is C11H13FN2O2S. The van der Waals surface area contributed by atoms with Crippen molar-refractivity contribution in [1.29, 1.82) is 0 Å². The lowest BCUT2D eigenvalue weighted by Gasteiger charge is -2.19. The van der Waals surface area contributed by atoms with Crippen molar-refractivity contribution in [1.82, 2.24) is 5.32 Å². The first-order valence-corrected chi connectivity index (χ1v) is 6.19. The number of aryl methyl sites for hydroxylation is 1. The minimum absolute atomic E-state index is 0.00272. The fraction of sp³-hybridized carbons (Fsp3) is 0.455. The van der Waals surface area contributed by atoms with Crippen LogP contribution in [0.15, 0.2) is 10.8 Å².